The van der Waals surface area contributed by atoms with Crippen LogP contribution in [0, 0.1) is 0 Å². The van der Waals surface area contributed by atoms with Crippen molar-refractivity contribution in [3.63, 3.8) is 0 Å². The number of pyridine rings is 2. The molecule has 0 unspecified atom stereocenters. The van der Waals surface area contributed by atoms with Gasteiger partial charge in [-0.3, -0.25) is 14.0 Å². The summed E-state index contributed by atoms with van der Waals surface area (Å²) in [6, 6.07) is 11.0. The highest BCUT2D eigenvalue weighted by Crippen LogP contribution is 2.09. The fraction of sp³-hybridized carbons (Fsp3) is 0.238. The minimum atomic E-state index is -0.408. The number of rotatable bonds is 6. The maximum atomic E-state index is 12.5. The molecule has 4 aromatic rings. The van der Waals surface area contributed by atoms with Crippen LogP contribution in [-0.2, 0) is 13.1 Å². The van der Waals surface area contributed by atoms with Crippen LogP contribution in [0.15, 0.2) is 59.8 Å². The lowest BCUT2D eigenvalue weighted by molar-refractivity contribution is 0.0945. The maximum absolute atomic E-state index is 12.5. The average Bonchev–Trinajstić information content (AvgIpc) is 3.13. The molecule has 0 saturated carbocycles. The van der Waals surface area contributed by atoms with Crippen LogP contribution < -0.4 is 21.5 Å². The molecule has 4 aromatic heterocycles. The third kappa shape index (κ3) is 3.68. The molecule has 1 aliphatic heterocycles. The topological polar surface area (TPSA) is 105 Å². The third-order valence-corrected chi connectivity index (χ3v) is 5.17. The number of amides is 1. The van der Waals surface area contributed by atoms with Crippen molar-refractivity contribution in [2.24, 2.45) is 0 Å². The van der Waals surface area contributed by atoms with Crippen molar-refractivity contribution >= 4 is 17.2 Å². The number of fused-ring (bicyclic) bond motifs is 2. The zero-order valence-electron chi connectivity index (χ0n) is 16.2. The van der Waals surface area contributed by atoms with E-state index in [0.29, 0.717) is 11.7 Å². The van der Waals surface area contributed by atoms with Crippen molar-refractivity contribution in [1.29, 1.82) is 0 Å². The monoisotopic (exact) mass is 403 g/mol. The molecular weight excluding hydrogens is 382 g/mol. The first-order valence-electron chi connectivity index (χ1n) is 9.83. The van der Waals surface area contributed by atoms with Crippen LogP contribution in [0.5, 0.6) is 0 Å². The van der Waals surface area contributed by atoms with E-state index >= 15 is 0 Å². The highest BCUT2D eigenvalue weighted by Gasteiger charge is 2.15. The zero-order chi connectivity index (χ0) is 20.5. The molecule has 0 aliphatic carbocycles. The lowest BCUT2D eigenvalue weighted by atomic mass is 10.1. The first-order chi connectivity index (χ1) is 14.7. The summed E-state index contributed by atoms with van der Waals surface area (Å²) in [5, 5.41) is 9.53. The first-order valence-corrected chi connectivity index (χ1v) is 9.83. The molecule has 9 nitrogen and oxygen atoms in total. The van der Waals surface area contributed by atoms with Crippen molar-refractivity contribution in [2.45, 2.75) is 19.1 Å². The van der Waals surface area contributed by atoms with Gasteiger partial charge in [0.25, 0.3) is 11.5 Å². The number of aromatic nitrogens is 4. The summed E-state index contributed by atoms with van der Waals surface area (Å²) in [6.45, 7) is 3.07. The van der Waals surface area contributed by atoms with Gasteiger partial charge in [-0.2, -0.15) is 0 Å². The Morgan fingerprint density at radius 1 is 1.10 bits per heavy atom. The Morgan fingerprint density at radius 2 is 2.00 bits per heavy atom. The van der Waals surface area contributed by atoms with Gasteiger partial charge >= 0.3 is 0 Å². The fourth-order valence-electron chi connectivity index (χ4n) is 3.41. The van der Waals surface area contributed by atoms with E-state index in [9.17, 15) is 9.59 Å². The summed E-state index contributed by atoms with van der Waals surface area (Å²) >= 11 is 0. The Kier molecular flexibility index (Phi) is 4.74. The van der Waals surface area contributed by atoms with Crippen LogP contribution in [0.2, 0.25) is 0 Å². The summed E-state index contributed by atoms with van der Waals surface area (Å²) in [7, 11) is 0. The van der Waals surface area contributed by atoms with E-state index in [4.69, 9.17) is 0 Å². The molecule has 0 spiro atoms. The highest BCUT2D eigenvalue weighted by atomic mass is 16.2. The molecule has 9 heteroatoms. The number of nitrogens with zero attached hydrogens (tertiary/aromatic N) is 4. The number of carbonyl (C=O) groups is 1. The molecule has 5 heterocycles. The van der Waals surface area contributed by atoms with E-state index in [1.54, 1.807) is 24.4 Å². The van der Waals surface area contributed by atoms with E-state index in [0.717, 1.165) is 31.0 Å². The minimum absolute atomic E-state index is 0.0915. The summed E-state index contributed by atoms with van der Waals surface area (Å²) in [4.78, 5) is 33.5. The lowest BCUT2D eigenvalue weighted by Crippen LogP contribution is -2.54. The minimum Gasteiger partial charge on any atom is -0.345 e. The quantitative estimate of drug-likeness (QED) is 0.429. The van der Waals surface area contributed by atoms with Crippen LogP contribution in [-0.4, -0.2) is 43.8 Å². The van der Waals surface area contributed by atoms with E-state index in [1.807, 2.05) is 22.9 Å². The van der Waals surface area contributed by atoms with Gasteiger partial charge in [-0.05, 0) is 23.8 Å². The Morgan fingerprint density at radius 3 is 2.83 bits per heavy atom. The molecule has 0 atom stereocenters. The van der Waals surface area contributed by atoms with Crippen molar-refractivity contribution in [2.75, 3.05) is 13.1 Å². The number of nitrogens with one attached hydrogen (secondary N) is 3. The number of hydrogen-bond donors (Lipinski definition) is 3. The average molecular weight is 403 g/mol. The van der Waals surface area contributed by atoms with E-state index in [1.165, 1.54) is 16.0 Å². The first kappa shape index (κ1) is 18.5. The van der Waals surface area contributed by atoms with Crippen LogP contribution in [0.25, 0.3) is 11.3 Å². The van der Waals surface area contributed by atoms with Crippen molar-refractivity contribution in [3.05, 3.63) is 82.3 Å². The van der Waals surface area contributed by atoms with Crippen LogP contribution in [0.3, 0.4) is 0 Å². The van der Waals surface area contributed by atoms with Crippen molar-refractivity contribution in [1.82, 2.24) is 34.7 Å². The van der Waals surface area contributed by atoms with Gasteiger partial charge in [0.05, 0.1) is 12.2 Å². The van der Waals surface area contributed by atoms with Gasteiger partial charge in [0.15, 0.2) is 0 Å². The third-order valence-electron chi connectivity index (χ3n) is 5.17. The molecule has 1 fully saturated rings. The number of imidazole rings is 1. The zero-order valence-corrected chi connectivity index (χ0v) is 16.2. The normalized spacial score (nSPS) is 14.1. The van der Waals surface area contributed by atoms with Crippen molar-refractivity contribution in [3.8, 4) is 0 Å². The second-order valence-corrected chi connectivity index (χ2v) is 7.36. The molecule has 0 radical (unpaired) electrons. The van der Waals surface area contributed by atoms with Gasteiger partial charge in [-0.25, -0.2) is 9.97 Å². The number of carbonyl (C=O) groups excluding carboxylic acids is 1. The van der Waals surface area contributed by atoms with Gasteiger partial charge < -0.3 is 20.4 Å². The molecule has 0 aromatic carbocycles. The summed E-state index contributed by atoms with van der Waals surface area (Å²) in [5.74, 6) is -0.408. The molecule has 152 valence electrons. The molecule has 1 saturated heterocycles. The highest BCUT2D eigenvalue weighted by molar-refractivity contribution is 5.92. The predicted octanol–water partition coefficient (Wildman–Crippen LogP) is 0.334. The molecule has 1 aliphatic rings. The summed E-state index contributed by atoms with van der Waals surface area (Å²) in [5.41, 5.74) is 2.94. The molecule has 30 heavy (non-hydrogen) atoms. The van der Waals surface area contributed by atoms with Gasteiger partial charge in [0.2, 0.25) is 0 Å². The van der Waals surface area contributed by atoms with Gasteiger partial charge in [-0.15, -0.1) is 0 Å². The summed E-state index contributed by atoms with van der Waals surface area (Å²) in [6.07, 6.45) is 5.56. The Labute approximate surface area is 171 Å². The van der Waals surface area contributed by atoms with Gasteiger partial charge in [0.1, 0.15) is 17.0 Å². The van der Waals surface area contributed by atoms with E-state index in [-0.39, 0.29) is 17.8 Å². The van der Waals surface area contributed by atoms with E-state index < -0.39 is 5.91 Å². The van der Waals surface area contributed by atoms with E-state index in [2.05, 4.69) is 32.0 Å². The van der Waals surface area contributed by atoms with Crippen LogP contribution in [0.4, 0.5) is 0 Å². The number of hydrogen-bond acceptors (Lipinski definition) is 6. The Hall–Kier alpha value is -3.56. The Bertz CT molecular complexity index is 1290. The second kappa shape index (κ2) is 7.69. The fourth-order valence-corrected chi connectivity index (χ4v) is 3.41. The van der Waals surface area contributed by atoms with Crippen LogP contribution >= 0.6 is 0 Å². The molecule has 5 rings (SSSR count). The smallest absolute Gasteiger partial charge is 0.270 e. The van der Waals surface area contributed by atoms with Gasteiger partial charge in [0, 0.05) is 50.3 Å². The maximum Gasteiger partial charge on any atom is 0.270 e. The van der Waals surface area contributed by atoms with Crippen molar-refractivity contribution < 1.29 is 4.79 Å². The SMILES string of the molecule is O=C(NCc1cn2cc(CNC3CNC3)ccc2n1)c1cc(=O)n2ccccc2n1. The molecule has 3 N–H and O–H groups in total. The van der Waals surface area contributed by atoms with Crippen LogP contribution in [0.1, 0.15) is 21.7 Å². The second-order valence-electron chi connectivity index (χ2n) is 7.36. The lowest BCUT2D eigenvalue weighted by Gasteiger charge is -2.28. The standard InChI is InChI=1S/C21H21N7O2/c29-20-7-17(26-19-3-1-2-6-28(19)20)21(30)24-11-16-13-27-12-14(4-5-18(27)25-16)8-23-15-9-22-10-15/h1-7,12-13,15,22-23H,8-11H2,(H,24,30). The molecular formula is C21H21N7O2. The summed E-state index contributed by atoms with van der Waals surface area (Å²) < 4.78 is 3.35. The largest absolute Gasteiger partial charge is 0.345 e. The molecule has 1 amide bonds. The molecule has 0 bridgehead atoms. The predicted molar refractivity (Wildman–Crippen MR) is 111 cm³/mol. The Balaban J connectivity index is 1.27. The van der Waals surface area contributed by atoms with Gasteiger partial charge in [-0.1, -0.05) is 12.1 Å².